The van der Waals surface area contributed by atoms with Gasteiger partial charge in [-0.3, -0.25) is 9.88 Å². The van der Waals surface area contributed by atoms with Crippen LogP contribution >= 0.6 is 0 Å². The molecule has 0 N–H and O–H groups in total. The van der Waals surface area contributed by atoms with Crippen LogP contribution in [-0.4, -0.2) is 16.4 Å². The number of rotatable bonds is 0. The van der Waals surface area contributed by atoms with E-state index in [-0.39, 0.29) is 0 Å². The van der Waals surface area contributed by atoms with Crippen molar-refractivity contribution in [3.63, 3.8) is 0 Å². The standard InChI is InChI=1S/C16H16N2/c1-2-6-14-12(4-1)7-9-18-11-13-5-3-8-17-15(13)10-16(14)18/h1-6,8,16H,7,9-11H2. The minimum Gasteiger partial charge on any atom is -0.291 e. The van der Waals surface area contributed by atoms with Gasteiger partial charge in [-0.1, -0.05) is 30.3 Å². The first-order valence-electron chi connectivity index (χ1n) is 6.66. The average Bonchev–Trinajstić information content (AvgIpc) is 2.45. The van der Waals surface area contributed by atoms with Gasteiger partial charge in [-0.15, -0.1) is 0 Å². The molecule has 1 unspecified atom stereocenters. The second-order valence-corrected chi connectivity index (χ2v) is 5.25. The molecule has 2 aliphatic rings. The maximum Gasteiger partial charge on any atom is 0.0467 e. The highest BCUT2D eigenvalue weighted by atomic mass is 15.2. The summed E-state index contributed by atoms with van der Waals surface area (Å²) < 4.78 is 0. The van der Waals surface area contributed by atoms with Gasteiger partial charge in [0.1, 0.15) is 0 Å². The topological polar surface area (TPSA) is 16.1 Å². The zero-order chi connectivity index (χ0) is 11.9. The third-order valence-electron chi connectivity index (χ3n) is 4.27. The van der Waals surface area contributed by atoms with E-state index in [1.807, 2.05) is 6.20 Å². The molecular formula is C16H16N2. The van der Waals surface area contributed by atoms with Gasteiger partial charge in [0.2, 0.25) is 0 Å². The Labute approximate surface area is 107 Å². The number of benzene rings is 1. The maximum atomic E-state index is 4.56. The van der Waals surface area contributed by atoms with Crippen LogP contribution in [0.5, 0.6) is 0 Å². The van der Waals surface area contributed by atoms with E-state index in [0.717, 1.165) is 13.0 Å². The molecule has 0 aliphatic carbocycles. The molecule has 2 aliphatic heterocycles. The van der Waals surface area contributed by atoms with Crippen LogP contribution in [0.15, 0.2) is 42.6 Å². The molecule has 3 heterocycles. The van der Waals surface area contributed by atoms with Crippen molar-refractivity contribution in [2.24, 2.45) is 0 Å². The second kappa shape index (κ2) is 3.92. The fourth-order valence-electron chi connectivity index (χ4n) is 3.33. The number of hydrogen-bond acceptors (Lipinski definition) is 2. The van der Waals surface area contributed by atoms with Crippen LogP contribution in [0.1, 0.15) is 28.4 Å². The van der Waals surface area contributed by atoms with Crippen LogP contribution < -0.4 is 0 Å². The zero-order valence-corrected chi connectivity index (χ0v) is 10.3. The summed E-state index contributed by atoms with van der Waals surface area (Å²) in [5.74, 6) is 0. The Morgan fingerprint density at radius 1 is 1.06 bits per heavy atom. The molecule has 18 heavy (non-hydrogen) atoms. The molecule has 90 valence electrons. The normalized spacial score (nSPS) is 21.9. The van der Waals surface area contributed by atoms with E-state index in [9.17, 15) is 0 Å². The SMILES string of the molecule is c1ccc2c(c1)CCN1Cc3cccnc3CC21. The Morgan fingerprint density at radius 3 is 2.94 bits per heavy atom. The van der Waals surface area contributed by atoms with Gasteiger partial charge in [0.15, 0.2) is 0 Å². The van der Waals surface area contributed by atoms with Gasteiger partial charge in [-0.2, -0.15) is 0 Å². The van der Waals surface area contributed by atoms with Gasteiger partial charge in [-0.25, -0.2) is 0 Å². The summed E-state index contributed by atoms with van der Waals surface area (Å²) in [5.41, 5.74) is 5.74. The van der Waals surface area contributed by atoms with Crippen molar-refractivity contribution >= 4 is 0 Å². The average molecular weight is 236 g/mol. The first-order chi connectivity index (χ1) is 8.92. The van der Waals surface area contributed by atoms with Crippen molar-refractivity contribution in [2.45, 2.75) is 25.4 Å². The summed E-state index contributed by atoms with van der Waals surface area (Å²) in [4.78, 5) is 7.16. The van der Waals surface area contributed by atoms with Crippen molar-refractivity contribution in [1.82, 2.24) is 9.88 Å². The molecule has 0 fully saturated rings. The maximum absolute atomic E-state index is 4.56. The van der Waals surface area contributed by atoms with Crippen molar-refractivity contribution < 1.29 is 0 Å². The van der Waals surface area contributed by atoms with E-state index in [1.165, 1.54) is 35.3 Å². The molecule has 0 saturated carbocycles. The molecule has 2 heteroatoms. The van der Waals surface area contributed by atoms with Crippen LogP contribution in [0, 0.1) is 0 Å². The smallest absolute Gasteiger partial charge is 0.0467 e. The molecular weight excluding hydrogens is 220 g/mol. The van der Waals surface area contributed by atoms with Crippen molar-refractivity contribution in [3.05, 3.63) is 65.0 Å². The predicted molar refractivity (Wildman–Crippen MR) is 71.2 cm³/mol. The van der Waals surface area contributed by atoms with E-state index in [2.05, 4.69) is 46.3 Å². The molecule has 0 amide bonds. The van der Waals surface area contributed by atoms with E-state index < -0.39 is 0 Å². The Morgan fingerprint density at radius 2 is 1.94 bits per heavy atom. The quantitative estimate of drug-likeness (QED) is 0.699. The third kappa shape index (κ3) is 1.49. The minimum absolute atomic E-state index is 0.539. The van der Waals surface area contributed by atoms with Crippen LogP contribution in [0.3, 0.4) is 0 Å². The molecule has 1 aromatic carbocycles. The molecule has 2 aromatic rings. The van der Waals surface area contributed by atoms with Crippen molar-refractivity contribution in [2.75, 3.05) is 6.54 Å². The lowest BCUT2D eigenvalue weighted by atomic mass is 9.86. The second-order valence-electron chi connectivity index (χ2n) is 5.25. The molecule has 0 spiro atoms. The summed E-state index contributed by atoms with van der Waals surface area (Å²) in [6.07, 6.45) is 4.17. The fraction of sp³-hybridized carbons (Fsp3) is 0.312. The molecule has 0 bridgehead atoms. The molecule has 0 saturated heterocycles. The summed E-state index contributed by atoms with van der Waals surface area (Å²) >= 11 is 0. The molecule has 1 atom stereocenters. The number of nitrogens with zero attached hydrogens (tertiary/aromatic N) is 2. The Kier molecular flexibility index (Phi) is 2.24. The lowest BCUT2D eigenvalue weighted by molar-refractivity contribution is 0.159. The van der Waals surface area contributed by atoms with Crippen LogP contribution in [0.4, 0.5) is 0 Å². The van der Waals surface area contributed by atoms with Crippen LogP contribution in [0.25, 0.3) is 0 Å². The highest BCUT2D eigenvalue weighted by Crippen LogP contribution is 2.36. The summed E-state index contributed by atoms with van der Waals surface area (Å²) in [6, 6.07) is 13.7. The zero-order valence-electron chi connectivity index (χ0n) is 10.3. The highest BCUT2D eigenvalue weighted by molar-refractivity contribution is 5.36. The van der Waals surface area contributed by atoms with E-state index in [0.29, 0.717) is 6.04 Å². The summed E-state index contributed by atoms with van der Waals surface area (Å²) in [6.45, 7) is 2.23. The summed E-state index contributed by atoms with van der Waals surface area (Å²) in [5, 5.41) is 0. The van der Waals surface area contributed by atoms with Gasteiger partial charge >= 0.3 is 0 Å². The lowest BCUT2D eigenvalue weighted by Crippen LogP contribution is -2.39. The number of pyridine rings is 1. The Balaban J connectivity index is 1.79. The monoisotopic (exact) mass is 236 g/mol. The minimum atomic E-state index is 0.539. The van der Waals surface area contributed by atoms with Gasteiger partial charge in [0, 0.05) is 37.4 Å². The van der Waals surface area contributed by atoms with Crippen LogP contribution in [0.2, 0.25) is 0 Å². The molecule has 0 radical (unpaired) electrons. The van der Waals surface area contributed by atoms with Crippen LogP contribution in [-0.2, 0) is 19.4 Å². The molecule has 1 aromatic heterocycles. The van der Waals surface area contributed by atoms with E-state index in [4.69, 9.17) is 0 Å². The third-order valence-corrected chi connectivity index (χ3v) is 4.27. The van der Waals surface area contributed by atoms with Gasteiger partial charge in [-0.05, 0) is 29.2 Å². The largest absolute Gasteiger partial charge is 0.291 e. The van der Waals surface area contributed by atoms with Gasteiger partial charge in [0.05, 0.1) is 0 Å². The fourth-order valence-corrected chi connectivity index (χ4v) is 3.33. The molecule has 2 nitrogen and oxygen atoms in total. The molecule has 4 rings (SSSR count). The Hall–Kier alpha value is -1.67. The van der Waals surface area contributed by atoms with E-state index >= 15 is 0 Å². The van der Waals surface area contributed by atoms with E-state index in [1.54, 1.807) is 0 Å². The number of aromatic nitrogens is 1. The first kappa shape index (κ1) is 10.3. The lowest BCUT2D eigenvalue weighted by Gasteiger charge is -2.40. The van der Waals surface area contributed by atoms with Crippen molar-refractivity contribution in [3.8, 4) is 0 Å². The number of hydrogen-bond donors (Lipinski definition) is 0. The first-order valence-corrected chi connectivity index (χ1v) is 6.66. The Bertz CT molecular complexity index is 591. The predicted octanol–water partition coefficient (Wildman–Crippen LogP) is 2.74. The summed E-state index contributed by atoms with van der Waals surface area (Å²) in [7, 11) is 0. The van der Waals surface area contributed by atoms with Gasteiger partial charge in [0.25, 0.3) is 0 Å². The number of fused-ring (bicyclic) bond motifs is 4. The van der Waals surface area contributed by atoms with Crippen molar-refractivity contribution in [1.29, 1.82) is 0 Å². The van der Waals surface area contributed by atoms with Gasteiger partial charge < -0.3 is 0 Å². The highest BCUT2D eigenvalue weighted by Gasteiger charge is 2.31.